The molecule has 4 heterocycles. The molecule has 0 aliphatic carbocycles. The molecule has 4 aromatic rings. The second-order valence-electron chi connectivity index (χ2n) is 5.93. The van der Waals surface area contributed by atoms with Gasteiger partial charge in [-0.05, 0) is 18.2 Å². The number of rotatable bonds is 2. The molecule has 3 aromatic heterocycles. The second-order valence-corrected chi connectivity index (χ2v) is 6.37. The summed E-state index contributed by atoms with van der Waals surface area (Å²) in [7, 11) is 0. The number of aromatic nitrogens is 5. The van der Waals surface area contributed by atoms with Gasteiger partial charge in [-0.1, -0.05) is 11.6 Å². The van der Waals surface area contributed by atoms with Gasteiger partial charge >= 0.3 is 0 Å². The molecule has 0 bridgehead atoms. The summed E-state index contributed by atoms with van der Waals surface area (Å²) in [6.07, 6.45) is 4.52. The first-order chi connectivity index (χ1) is 11.8. The summed E-state index contributed by atoms with van der Waals surface area (Å²) in [5.74, 6) is 1.85. The molecule has 6 nitrogen and oxygen atoms in total. The predicted molar refractivity (Wildman–Crippen MR) is 91.1 cm³/mol. The van der Waals surface area contributed by atoms with Crippen molar-refractivity contribution in [2.45, 2.75) is 19.6 Å². The average Bonchev–Trinajstić information content (AvgIpc) is 3.17. The molecule has 5 rings (SSSR count). The van der Waals surface area contributed by atoms with Crippen molar-refractivity contribution in [3.8, 4) is 0 Å². The molecule has 0 saturated carbocycles. The van der Waals surface area contributed by atoms with E-state index in [2.05, 4.69) is 30.7 Å². The van der Waals surface area contributed by atoms with E-state index in [1.807, 2.05) is 18.2 Å². The van der Waals surface area contributed by atoms with Crippen molar-refractivity contribution in [1.82, 2.24) is 24.5 Å². The largest absolute Gasteiger partial charge is 0.372 e. The number of benzene rings is 1. The number of aromatic amines is 1. The first-order valence-corrected chi connectivity index (χ1v) is 8.19. The molecule has 1 N–H and O–H groups in total. The van der Waals surface area contributed by atoms with Crippen LogP contribution in [0.3, 0.4) is 0 Å². The minimum Gasteiger partial charge on any atom is -0.372 e. The highest BCUT2D eigenvalue weighted by Gasteiger charge is 2.14. The van der Waals surface area contributed by atoms with Crippen LogP contribution in [0.1, 0.15) is 17.3 Å². The predicted octanol–water partition coefficient (Wildman–Crippen LogP) is 3.08. The van der Waals surface area contributed by atoms with Crippen LogP contribution in [-0.4, -0.2) is 31.1 Å². The number of hydrogen-bond donors (Lipinski definition) is 1. The number of ether oxygens (including phenoxy) is 1. The Balaban J connectivity index is 1.56. The van der Waals surface area contributed by atoms with Crippen LogP contribution in [0.5, 0.6) is 0 Å². The van der Waals surface area contributed by atoms with Gasteiger partial charge in [0.25, 0.3) is 0 Å². The van der Waals surface area contributed by atoms with E-state index in [9.17, 15) is 0 Å². The quantitative estimate of drug-likeness (QED) is 0.609. The van der Waals surface area contributed by atoms with Gasteiger partial charge in [0.1, 0.15) is 23.8 Å². The normalized spacial score (nSPS) is 14.4. The maximum Gasteiger partial charge on any atom is 0.135 e. The molecule has 0 atom stereocenters. The van der Waals surface area contributed by atoms with E-state index in [1.165, 1.54) is 0 Å². The van der Waals surface area contributed by atoms with Crippen LogP contribution in [0.25, 0.3) is 21.9 Å². The van der Waals surface area contributed by atoms with Gasteiger partial charge in [-0.25, -0.2) is 9.97 Å². The zero-order valence-electron chi connectivity index (χ0n) is 12.8. The summed E-state index contributed by atoms with van der Waals surface area (Å²) < 4.78 is 7.59. The summed E-state index contributed by atoms with van der Waals surface area (Å²) in [6.45, 7) is 2.18. The highest BCUT2D eigenvalue weighted by atomic mass is 35.5. The van der Waals surface area contributed by atoms with Gasteiger partial charge < -0.3 is 14.3 Å². The van der Waals surface area contributed by atoms with Crippen molar-refractivity contribution in [3.63, 3.8) is 0 Å². The van der Waals surface area contributed by atoms with Crippen LogP contribution in [0.4, 0.5) is 0 Å². The summed E-state index contributed by atoms with van der Waals surface area (Å²) in [4.78, 5) is 17.1. The van der Waals surface area contributed by atoms with Crippen LogP contribution in [0.15, 0.2) is 30.6 Å². The maximum absolute atomic E-state index is 6.13. The fourth-order valence-electron chi connectivity index (χ4n) is 3.18. The Morgan fingerprint density at radius 3 is 3.12 bits per heavy atom. The van der Waals surface area contributed by atoms with Crippen LogP contribution in [0.2, 0.25) is 5.02 Å². The molecule has 0 radical (unpaired) electrons. The first kappa shape index (κ1) is 13.9. The van der Waals surface area contributed by atoms with Crippen molar-refractivity contribution in [2.24, 2.45) is 0 Å². The molecule has 24 heavy (non-hydrogen) atoms. The molecule has 0 spiro atoms. The lowest BCUT2D eigenvalue weighted by Crippen LogP contribution is -2.15. The van der Waals surface area contributed by atoms with E-state index in [1.54, 1.807) is 6.20 Å². The Bertz CT molecular complexity index is 1040. The third kappa shape index (κ3) is 2.26. The number of hydrogen-bond acceptors (Lipinski definition) is 4. The Labute approximate surface area is 142 Å². The Hall–Kier alpha value is -2.44. The highest BCUT2D eigenvalue weighted by Crippen LogP contribution is 2.25. The summed E-state index contributed by atoms with van der Waals surface area (Å²) >= 11 is 6.13. The lowest BCUT2D eigenvalue weighted by Gasteiger charge is -2.13. The third-order valence-corrected chi connectivity index (χ3v) is 4.54. The van der Waals surface area contributed by atoms with Gasteiger partial charge in [-0.3, -0.25) is 4.98 Å². The van der Waals surface area contributed by atoms with E-state index >= 15 is 0 Å². The SMILES string of the molecule is Clc1ccc2ncc3nc(Cc4cn5c(n4)COCC5)[nH]c3c2c1. The lowest BCUT2D eigenvalue weighted by atomic mass is 10.2. The van der Waals surface area contributed by atoms with Crippen molar-refractivity contribution < 1.29 is 4.74 Å². The maximum atomic E-state index is 6.13. The number of fused-ring (bicyclic) bond motifs is 4. The lowest BCUT2D eigenvalue weighted by molar-refractivity contribution is 0.0816. The van der Waals surface area contributed by atoms with Gasteiger partial charge in [0.05, 0.1) is 29.5 Å². The molecule has 0 amide bonds. The summed E-state index contributed by atoms with van der Waals surface area (Å²) in [6, 6.07) is 5.68. The average molecular weight is 340 g/mol. The number of H-pyrrole nitrogens is 1. The number of pyridine rings is 1. The van der Waals surface area contributed by atoms with Gasteiger partial charge in [0.2, 0.25) is 0 Å². The minimum absolute atomic E-state index is 0.577. The van der Waals surface area contributed by atoms with Gasteiger partial charge in [0, 0.05) is 29.6 Å². The zero-order valence-corrected chi connectivity index (χ0v) is 13.5. The smallest absolute Gasteiger partial charge is 0.135 e. The van der Waals surface area contributed by atoms with E-state index in [4.69, 9.17) is 16.3 Å². The first-order valence-electron chi connectivity index (χ1n) is 7.82. The summed E-state index contributed by atoms with van der Waals surface area (Å²) in [5.41, 5.74) is 3.69. The summed E-state index contributed by atoms with van der Waals surface area (Å²) in [5, 5.41) is 1.67. The Morgan fingerprint density at radius 2 is 2.21 bits per heavy atom. The van der Waals surface area contributed by atoms with Crippen LogP contribution in [-0.2, 0) is 24.3 Å². The van der Waals surface area contributed by atoms with Gasteiger partial charge in [-0.2, -0.15) is 0 Å². The molecule has 0 saturated heterocycles. The number of nitrogens with one attached hydrogen (secondary N) is 1. The second kappa shape index (κ2) is 5.29. The number of imidazole rings is 2. The Morgan fingerprint density at radius 1 is 1.25 bits per heavy atom. The van der Waals surface area contributed by atoms with Gasteiger partial charge in [0.15, 0.2) is 0 Å². The molecule has 7 heteroatoms. The van der Waals surface area contributed by atoms with Crippen LogP contribution in [0, 0.1) is 0 Å². The van der Waals surface area contributed by atoms with Crippen molar-refractivity contribution in [1.29, 1.82) is 0 Å². The van der Waals surface area contributed by atoms with Crippen molar-refractivity contribution in [2.75, 3.05) is 6.61 Å². The monoisotopic (exact) mass is 339 g/mol. The molecule has 1 aliphatic heterocycles. The molecule has 0 unspecified atom stereocenters. The standard InChI is InChI=1S/C17H14ClN5O/c18-10-1-2-13-12(5-10)17-14(7-19-13)21-15(22-17)6-11-8-23-3-4-24-9-16(23)20-11/h1-2,5,7-8H,3-4,6,9H2,(H,21,22). The van der Waals surface area contributed by atoms with E-state index in [0.29, 0.717) is 18.1 Å². The van der Waals surface area contributed by atoms with Crippen LogP contribution >= 0.6 is 11.6 Å². The fourth-order valence-corrected chi connectivity index (χ4v) is 3.35. The van der Waals surface area contributed by atoms with Crippen molar-refractivity contribution >= 4 is 33.5 Å². The third-order valence-electron chi connectivity index (χ3n) is 4.30. The fraction of sp³-hybridized carbons (Fsp3) is 0.235. The molecule has 1 aliphatic rings. The molecular weight excluding hydrogens is 326 g/mol. The Kier molecular flexibility index (Phi) is 3.08. The topological polar surface area (TPSA) is 68.6 Å². The minimum atomic E-state index is 0.577. The van der Waals surface area contributed by atoms with Crippen molar-refractivity contribution in [3.05, 3.63) is 53.0 Å². The molecule has 1 aromatic carbocycles. The van der Waals surface area contributed by atoms with E-state index in [-0.39, 0.29) is 0 Å². The molecule has 0 fully saturated rings. The van der Waals surface area contributed by atoms with E-state index < -0.39 is 0 Å². The van der Waals surface area contributed by atoms with Gasteiger partial charge in [-0.15, -0.1) is 0 Å². The molecule has 120 valence electrons. The van der Waals surface area contributed by atoms with Crippen LogP contribution < -0.4 is 0 Å². The highest BCUT2D eigenvalue weighted by molar-refractivity contribution is 6.31. The van der Waals surface area contributed by atoms with E-state index in [0.717, 1.165) is 52.4 Å². The number of nitrogens with zero attached hydrogens (tertiary/aromatic N) is 4. The number of halogens is 1. The zero-order chi connectivity index (χ0) is 16.1. The molecular formula is C17H14ClN5O.